The van der Waals surface area contributed by atoms with Gasteiger partial charge in [-0.05, 0) is 24.2 Å². The van der Waals surface area contributed by atoms with Gasteiger partial charge in [-0.2, -0.15) is 0 Å². The summed E-state index contributed by atoms with van der Waals surface area (Å²) in [6, 6.07) is 6.50. The molecule has 1 N–H and O–H groups in total. The van der Waals surface area contributed by atoms with Crippen LogP contribution in [0.5, 0.6) is 0 Å². The summed E-state index contributed by atoms with van der Waals surface area (Å²) in [4.78, 5) is 0. The summed E-state index contributed by atoms with van der Waals surface area (Å²) in [6.45, 7) is 4.18. The zero-order valence-corrected chi connectivity index (χ0v) is 9.73. The van der Waals surface area contributed by atoms with Crippen LogP contribution in [0.4, 0.5) is 4.39 Å². The smallest absolute Gasteiger partial charge is 0.123 e. The largest absolute Gasteiger partial charge is 0.311 e. The molecule has 1 aromatic heterocycles. The van der Waals surface area contributed by atoms with Gasteiger partial charge in [-0.1, -0.05) is 24.3 Å². The molecule has 0 unspecified atom stereocenters. The van der Waals surface area contributed by atoms with E-state index in [1.165, 1.54) is 12.1 Å². The Bertz CT molecular complexity index is 481. The van der Waals surface area contributed by atoms with Crippen molar-refractivity contribution >= 4 is 0 Å². The molecule has 2 aromatic rings. The van der Waals surface area contributed by atoms with Gasteiger partial charge in [0.05, 0.1) is 18.4 Å². The second kappa shape index (κ2) is 5.54. The van der Waals surface area contributed by atoms with E-state index in [0.717, 1.165) is 17.8 Å². The second-order valence-electron chi connectivity index (χ2n) is 3.82. The first-order chi connectivity index (χ1) is 8.28. The van der Waals surface area contributed by atoms with E-state index in [9.17, 15) is 4.39 Å². The molecule has 0 saturated heterocycles. The van der Waals surface area contributed by atoms with Crippen molar-refractivity contribution in [2.24, 2.45) is 0 Å². The van der Waals surface area contributed by atoms with Crippen LogP contribution in [0.15, 0.2) is 30.5 Å². The molecule has 0 amide bonds. The molecule has 0 radical (unpaired) electrons. The third-order valence-corrected chi connectivity index (χ3v) is 2.38. The van der Waals surface area contributed by atoms with Crippen LogP contribution in [0.2, 0.25) is 0 Å². The van der Waals surface area contributed by atoms with Crippen LogP contribution < -0.4 is 5.32 Å². The fourth-order valence-corrected chi connectivity index (χ4v) is 1.57. The lowest BCUT2D eigenvalue weighted by Gasteiger charge is -2.00. The Morgan fingerprint density at radius 1 is 1.41 bits per heavy atom. The number of halogens is 1. The standard InChI is InChI=1S/C12H15FN4/c1-2-14-7-12-9-17(16-15-12)8-10-4-3-5-11(13)6-10/h3-6,9,14H,2,7-8H2,1H3. The average molecular weight is 234 g/mol. The molecule has 5 heteroatoms. The van der Waals surface area contributed by atoms with Crippen LogP contribution in [0, 0.1) is 5.82 Å². The van der Waals surface area contributed by atoms with Crippen LogP contribution in [0.3, 0.4) is 0 Å². The zero-order chi connectivity index (χ0) is 12.1. The van der Waals surface area contributed by atoms with E-state index in [4.69, 9.17) is 0 Å². The number of rotatable bonds is 5. The van der Waals surface area contributed by atoms with E-state index in [0.29, 0.717) is 13.1 Å². The SMILES string of the molecule is CCNCc1cn(Cc2cccc(F)c2)nn1. The highest BCUT2D eigenvalue weighted by Crippen LogP contribution is 2.05. The van der Waals surface area contributed by atoms with Gasteiger partial charge >= 0.3 is 0 Å². The van der Waals surface area contributed by atoms with Crippen molar-refractivity contribution in [2.75, 3.05) is 6.54 Å². The molecule has 0 aliphatic carbocycles. The summed E-state index contributed by atoms with van der Waals surface area (Å²) >= 11 is 0. The van der Waals surface area contributed by atoms with E-state index >= 15 is 0 Å². The molecule has 2 rings (SSSR count). The van der Waals surface area contributed by atoms with Crippen molar-refractivity contribution in [1.82, 2.24) is 20.3 Å². The number of hydrogen-bond donors (Lipinski definition) is 1. The summed E-state index contributed by atoms with van der Waals surface area (Å²) in [5, 5.41) is 11.2. The molecule has 1 aromatic carbocycles. The molecule has 0 spiro atoms. The van der Waals surface area contributed by atoms with Gasteiger partial charge in [-0.15, -0.1) is 5.10 Å². The summed E-state index contributed by atoms with van der Waals surface area (Å²) in [5.74, 6) is -0.226. The Hall–Kier alpha value is -1.75. The maximum absolute atomic E-state index is 13.0. The van der Waals surface area contributed by atoms with Crippen molar-refractivity contribution in [1.29, 1.82) is 0 Å². The number of nitrogens with zero attached hydrogens (tertiary/aromatic N) is 3. The van der Waals surface area contributed by atoms with Crippen LogP contribution in [-0.4, -0.2) is 21.5 Å². The van der Waals surface area contributed by atoms with Crippen molar-refractivity contribution in [3.8, 4) is 0 Å². The van der Waals surface area contributed by atoms with Gasteiger partial charge in [0.1, 0.15) is 5.82 Å². The number of hydrogen-bond acceptors (Lipinski definition) is 3. The molecule has 0 atom stereocenters. The van der Waals surface area contributed by atoms with Gasteiger partial charge in [0.2, 0.25) is 0 Å². The predicted octanol–water partition coefficient (Wildman–Crippen LogP) is 1.57. The molecule has 0 aliphatic rings. The first-order valence-corrected chi connectivity index (χ1v) is 5.62. The number of benzene rings is 1. The van der Waals surface area contributed by atoms with Gasteiger partial charge in [0, 0.05) is 6.54 Å². The molecule has 1 heterocycles. The van der Waals surface area contributed by atoms with Gasteiger partial charge in [-0.3, -0.25) is 0 Å². The fourth-order valence-electron chi connectivity index (χ4n) is 1.57. The van der Waals surface area contributed by atoms with Crippen LogP contribution in [-0.2, 0) is 13.1 Å². The highest BCUT2D eigenvalue weighted by atomic mass is 19.1. The predicted molar refractivity (Wildman–Crippen MR) is 62.9 cm³/mol. The number of aromatic nitrogens is 3. The molecule has 0 saturated carbocycles. The molecule has 90 valence electrons. The third kappa shape index (κ3) is 3.35. The quantitative estimate of drug-likeness (QED) is 0.854. The summed E-state index contributed by atoms with van der Waals surface area (Å²) < 4.78 is 14.7. The minimum Gasteiger partial charge on any atom is -0.311 e. The molecular formula is C12H15FN4. The minimum atomic E-state index is -0.226. The lowest BCUT2D eigenvalue weighted by atomic mass is 10.2. The summed E-state index contributed by atoms with van der Waals surface area (Å²) in [6.07, 6.45) is 1.87. The molecule has 0 aliphatic heterocycles. The highest BCUT2D eigenvalue weighted by Gasteiger charge is 2.01. The van der Waals surface area contributed by atoms with Gasteiger partial charge < -0.3 is 5.32 Å². The van der Waals surface area contributed by atoms with Gasteiger partial charge in [0.15, 0.2) is 0 Å². The first kappa shape index (κ1) is 11.7. The van der Waals surface area contributed by atoms with Crippen molar-refractivity contribution in [2.45, 2.75) is 20.0 Å². The van der Waals surface area contributed by atoms with E-state index in [1.807, 2.05) is 19.2 Å². The molecule has 0 bridgehead atoms. The van der Waals surface area contributed by atoms with Crippen molar-refractivity contribution < 1.29 is 4.39 Å². The van der Waals surface area contributed by atoms with E-state index in [1.54, 1.807) is 10.7 Å². The van der Waals surface area contributed by atoms with Crippen LogP contribution in [0.25, 0.3) is 0 Å². The zero-order valence-electron chi connectivity index (χ0n) is 9.73. The third-order valence-electron chi connectivity index (χ3n) is 2.38. The normalized spacial score (nSPS) is 10.7. The van der Waals surface area contributed by atoms with Crippen molar-refractivity contribution in [3.63, 3.8) is 0 Å². The molecule has 0 fully saturated rings. The Balaban J connectivity index is 2.01. The van der Waals surface area contributed by atoms with E-state index in [2.05, 4.69) is 15.6 Å². The second-order valence-corrected chi connectivity index (χ2v) is 3.82. The monoisotopic (exact) mass is 234 g/mol. The first-order valence-electron chi connectivity index (χ1n) is 5.62. The topological polar surface area (TPSA) is 42.7 Å². The number of nitrogens with one attached hydrogen (secondary N) is 1. The van der Waals surface area contributed by atoms with Gasteiger partial charge in [-0.25, -0.2) is 9.07 Å². The van der Waals surface area contributed by atoms with Crippen LogP contribution >= 0.6 is 0 Å². The molecular weight excluding hydrogens is 219 g/mol. The lowest BCUT2D eigenvalue weighted by Crippen LogP contribution is -2.11. The maximum atomic E-state index is 13.0. The Morgan fingerprint density at radius 2 is 2.29 bits per heavy atom. The maximum Gasteiger partial charge on any atom is 0.123 e. The highest BCUT2D eigenvalue weighted by molar-refractivity contribution is 5.16. The van der Waals surface area contributed by atoms with E-state index in [-0.39, 0.29) is 5.82 Å². The summed E-state index contributed by atoms with van der Waals surface area (Å²) in [7, 11) is 0. The molecule has 17 heavy (non-hydrogen) atoms. The van der Waals surface area contributed by atoms with Crippen LogP contribution in [0.1, 0.15) is 18.2 Å². The van der Waals surface area contributed by atoms with E-state index < -0.39 is 0 Å². The summed E-state index contributed by atoms with van der Waals surface area (Å²) in [5.41, 5.74) is 1.77. The van der Waals surface area contributed by atoms with Crippen molar-refractivity contribution in [3.05, 3.63) is 47.5 Å². The average Bonchev–Trinajstić information content (AvgIpc) is 2.74. The Kier molecular flexibility index (Phi) is 3.82. The fraction of sp³-hybridized carbons (Fsp3) is 0.333. The minimum absolute atomic E-state index is 0.226. The molecule has 4 nitrogen and oxygen atoms in total. The lowest BCUT2D eigenvalue weighted by molar-refractivity contribution is 0.614. The Labute approximate surface area is 99.5 Å². The van der Waals surface area contributed by atoms with Gasteiger partial charge in [0.25, 0.3) is 0 Å². The Morgan fingerprint density at radius 3 is 3.06 bits per heavy atom.